The SMILES string of the molecule is C[C@@H]1CCCCN1Cc1ccc(N(C)C)cc1. The lowest BCUT2D eigenvalue weighted by molar-refractivity contribution is 0.152. The minimum absolute atomic E-state index is 0.747. The molecule has 94 valence electrons. The summed E-state index contributed by atoms with van der Waals surface area (Å²) in [5.74, 6) is 0. The number of nitrogens with zero attached hydrogens (tertiary/aromatic N) is 2. The first kappa shape index (κ1) is 12.4. The Hall–Kier alpha value is -1.02. The predicted octanol–water partition coefficient (Wildman–Crippen LogP) is 3.13. The van der Waals surface area contributed by atoms with Crippen LogP contribution in [-0.4, -0.2) is 31.6 Å². The molecule has 1 atom stereocenters. The zero-order chi connectivity index (χ0) is 12.3. The molecule has 0 amide bonds. The Morgan fingerprint density at radius 2 is 1.88 bits per heavy atom. The van der Waals surface area contributed by atoms with Gasteiger partial charge >= 0.3 is 0 Å². The molecule has 1 aliphatic heterocycles. The average Bonchev–Trinajstić information content (AvgIpc) is 2.33. The summed E-state index contributed by atoms with van der Waals surface area (Å²) in [4.78, 5) is 4.75. The molecule has 2 heteroatoms. The monoisotopic (exact) mass is 232 g/mol. The number of hydrogen-bond acceptors (Lipinski definition) is 2. The second kappa shape index (κ2) is 5.54. The van der Waals surface area contributed by atoms with Crippen molar-refractivity contribution >= 4 is 5.69 Å². The molecule has 2 nitrogen and oxygen atoms in total. The van der Waals surface area contributed by atoms with E-state index in [1.807, 2.05) is 0 Å². The third kappa shape index (κ3) is 3.22. The summed E-state index contributed by atoms with van der Waals surface area (Å²) in [6.07, 6.45) is 4.12. The normalized spacial score (nSPS) is 21.5. The van der Waals surface area contributed by atoms with E-state index in [0.717, 1.165) is 12.6 Å². The van der Waals surface area contributed by atoms with Crippen molar-refractivity contribution in [1.82, 2.24) is 4.90 Å². The number of piperidine rings is 1. The molecular weight excluding hydrogens is 208 g/mol. The minimum Gasteiger partial charge on any atom is -0.378 e. The van der Waals surface area contributed by atoms with Crippen molar-refractivity contribution in [2.75, 3.05) is 25.5 Å². The summed E-state index contributed by atoms with van der Waals surface area (Å²) in [6, 6.07) is 9.69. The summed E-state index contributed by atoms with van der Waals surface area (Å²) in [5.41, 5.74) is 2.71. The summed E-state index contributed by atoms with van der Waals surface area (Å²) >= 11 is 0. The van der Waals surface area contributed by atoms with Crippen LogP contribution in [0.2, 0.25) is 0 Å². The molecule has 0 bridgehead atoms. The van der Waals surface area contributed by atoms with E-state index in [0.29, 0.717) is 0 Å². The third-order valence-corrected chi connectivity index (χ3v) is 3.78. The Labute approximate surface area is 105 Å². The summed E-state index contributed by atoms with van der Waals surface area (Å²) in [5, 5.41) is 0. The molecule has 0 saturated carbocycles. The number of rotatable bonds is 3. The van der Waals surface area contributed by atoms with Crippen molar-refractivity contribution in [2.45, 2.75) is 38.8 Å². The first-order valence-corrected chi connectivity index (χ1v) is 6.67. The van der Waals surface area contributed by atoms with Crippen molar-refractivity contribution in [3.63, 3.8) is 0 Å². The van der Waals surface area contributed by atoms with E-state index < -0.39 is 0 Å². The third-order valence-electron chi connectivity index (χ3n) is 3.78. The molecule has 1 aromatic rings. The number of likely N-dealkylation sites (tertiary alicyclic amines) is 1. The smallest absolute Gasteiger partial charge is 0.0361 e. The molecule has 0 unspecified atom stereocenters. The quantitative estimate of drug-likeness (QED) is 0.790. The van der Waals surface area contributed by atoms with Gasteiger partial charge in [0, 0.05) is 32.4 Å². The van der Waals surface area contributed by atoms with Crippen molar-refractivity contribution in [3.05, 3.63) is 29.8 Å². The van der Waals surface area contributed by atoms with E-state index in [-0.39, 0.29) is 0 Å². The lowest BCUT2D eigenvalue weighted by atomic mass is 10.0. The van der Waals surface area contributed by atoms with Crippen molar-refractivity contribution in [1.29, 1.82) is 0 Å². The van der Waals surface area contributed by atoms with E-state index in [1.54, 1.807) is 0 Å². The van der Waals surface area contributed by atoms with Crippen molar-refractivity contribution in [3.8, 4) is 0 Å². The number of benzene rings is 1. The van der Waals surface area contributed by atoms with Crippen molar-refractivity contribution in [2.24, 2.45) is 0 Å². The Morgan fingerprint density at radius 3 is 2.47 bits per heavy atom. The predicted molar refractivity (Wildman–Crippen MR) is 74.5 cm³/mol. The molecule has 2 rings (SSSR count). The van der Waals surface area contributed by atoms with Crippen LogP contribution in [-0.2, 0) is 6.54 Å². The van der Waals surface area contributed by atoms with Crippen LogP contribution in [0.25, 0.3) is 0 Å². The highest BCUT2D eigenvalue weighted by molar-refractivity contribution is 5.45. The van der Waals surface area contributed by atoms with Crippen molar-refractivity contribution < 1.29 is 0 Å². The van der Waals surface area contributed by atoms with Gasteiger partial charge in [-0.05, 0) is 44.0 Å². The molecule has 1 aliphatic rings. The molecule has 1 fully saturated rings. The molecular formula is C15H24N2. The van der Waals surface area contributed by atoms with Gasteiger partial charge in [-0.25, -0.2) is 0 Å². The zero-order valence-corrected chi connectivity index (χ0v) is 11.3. The van der Waals surface area contributed by atoms with Crippen LogP contribution in [0.3, 0.4) is 0 Å². The minimum atomic E-state index is 0.747. The van der Waals surface area contributed by atoms with Gasteiger partial charge in [0.05, 0.1) is 0 Å². The Kier molecular flexibility index (Phi) is 4.06. The highest BCUT2D eigenvalue weighted by Gasteiger charge is 2.17. The van der Waals surface area contributed by atoms with E-state index in [4.69, 9.17) is 0 Å². The van der Waals surface area contributed by atoms with Gasteiger partial charge in [-0.3, -0.25) is 4.90 Å². The van der Waals surface area contributed by atoms with Crippen LogP contribution in [0.4, 0.5) is 5.69 Å². The van der Waals surface area contributed by atoms with Gasteiger partial charge < -0.3 is 4.90 Å². The highest BCUT2D eigenvalue weighted by atomic mass is 15.2. The molecule has 1 aromatic carbocycles. The Balaban J connectivity index is 1.98. The first-order valence-electron chi connectivity index (χ1n) is 6.67. The topological polar surface area (TPSA) is 6.48 Å². The van der Waals surface area contributed by atoms with Gasteiger partial charge in [-0.15, -0.1) is 0 Å². The van der Waals surface area contributed by atoms with Gasteiger partial charge in [0.1, 0.15) is 0 Å². The lowest BCUT2D eigenvalue weighted by Crippen LogP contribution is -2.36. The van der Waals surface area contributed by atoms with Crippen LogP contribution < -0.4 is 4.90 Å². The zero-order valence-electron chi connectivity index (χ0n) is 11.3. The average molecular weight is 232 g/mol. The van der Waals surface area contributed by atoms with Crippen LogP contribution in [0.1, 0.15) is 31.7 Å². The largest absolute Gasteiger partial charge is 0.378 e. The number of anilines is 1. The van der Waals surface area contributed by atoms with Gasteiger partial charge in [0.25, 0.3) is 0 Å². The molecule has 0 radical (unpaired) electrons. The van der Waals surface area contributed by atoms with Crippen LogP contribution in [0.5, 0.6) is 0 Å². The second-order valence-corrected chi connectivity index (χ2v) is 5.38. The van der Waals surface area contributed by atoms with E-state index in [2.05, 4.69) is 55.1 Å². The van der Waals surface area contributed by atoms with E-state index in [9.17, 15) is 0 Å². The van der Waals surface area contributed by atoms with Gasteiger partial charge in [0.2, 0.25) is 0 Å². The summed E-state index contributed by atoms with van der Waals surface area (Å²) < 4.78 is 0. The Bertz CT molecular complexity index is 342. The molecule has 0 spiro atoms. The van der Waals surface area contributed by atoms with Crippen LogP contribution in [0, 0.1) is 0 Å². The summed E-state index contributed by atoms with van der Waals surface area (Å²) in [6.45, 7) is 4.72. The Morgan fingerprint density at radius 1 is 1.18 bits per heavy atom. The molecule has 1 saturated heterocycles. The van der Waals surface area contributed by atoms with Crippen LogP contribution in [0.15, 0.2) is 24.3 Å². The fourth-order valence-electron chi connectivity index (χ4n) is 2.53. The van der Waals surface area contributed by atoms with Gasteiger partial charge in [-0.1, -0.05) is 18.6 Å². The second-order valence-electron chi connectivity index (χ2n) is 5.38. The molecule has 1 heterocycles. The standard InChI is InChI=1S/C15H24N2/c1-13-6-4-5-11-17(13)12-14-7-9-15(10-8-14)16(2)3/h7-10,13H,4-6,11-12H2,1-3H3/t13-/m1/s1. The van der Waals surface area contributed by atoms with E-state index in [1.165, 1.54) is 37.1 Å². The number of hydrogen-bond donors (Lipinski definition) is 0. The van der Waals surface area contributed by atoms with E-state index >= 15 is 0 Å². The maximum absolute atomic E-state index is 2.61. The first-order chi connectivity index (χ1) is 8.16. The fourth-order valence-corrected chi connectivity index (χ4v) is 2.53. The summed E-state index contributed by atoms with van der Waals surface area (Å²) in [7, 11) is 4.17. The maximum atomic E-state index is 2.61. The lowest BCUT2D eigenvalue weighted by Gasteiger charge is -2.33. The van der Waals surface area contributed by atoms with Crippen LogP contribution >= 0.6 is 0 Å². The molecule has 17 heavy (non-hydrogen) atoms. The van der Waals surface area contributed by atoms with Gasteiger partial charge in [-0.2, -0.15) is 0 Å². The molecule has 0 N–H and O–H groups in total. The fraction of sp³-hybridized carbons (Fsp3) is 0.600. The molecule has 0 aromatic heterocycles. The highest BCUT2D eigenvalue weighted by Crippen LogP contribution is 2.20. The molecule has 0 aliphatic carbocycles. The van der Waals surface area contributed by atoms with Gasteiger partial charge in [0.15, 0.2) is 0 Å². The maximum Gasteiger partial charge on any atom is 0.0361 e.